The van der Waals surface area contributed by atoms with Crippen molar-refractivity contribution in [1.29, 1.82) is 0 Å². The van der Waals surface area contributed by atoms with Gasteiger partial charge in [0.15, 0.2) is 0 Å². The van der Waals surface area contributed by atoms with Crippen molar-refractivity contribution in [2.45, 2.75) is 19.9 Å². The Bertz CT molecular complexity index is 459. The van der Waals surface area contributed by atoms with Crippen molar-refractivity contribution >= 4 is 0 Å². The van der Waals surface area contributed by atoms with Crippen LogP contribution in [0.3, 0.4) is 0 Å². The van der Waals surface area contributed by atoms with E-state index in [9.17, 15) is 5.11 Å². The smallest absolute Gasteiger partial charge is 0.0641 e. The molecule has 0 fully saturated rings. The van der Waals surface area contributed by atoms with Crippen LogP contribution in [-0.2, 0) is 0 Å². The summed E-state index contributed by atoms with van der Waals surface area (Å²) in [5.74, 6) is 0.412. The first kappa shape index (κ1) is 11.9. The van der Waals surface area contributed by atoms with Gasteiger partial charge in [-0.1, -0.05) is 44.2 Å². The van der Waals surface area contributed by atoms with Crippen LogP contribution in [0, 0.1) is 5.92 Å². The van der Waals surface area contributed by atoms with Gasteiger partial charge in [-0.25, -0.2) is 0 Å². The third-order valence-corrected chi connectivity index (χ3v) is 3.16. The Labute approximate surface area is 103 Å². The van der Waals surface area contributed by atoms with Gasteiger partial charge in [-0.3, -0.25) is 0 Å². The van der Waals surface area contributed by atoms with E-state index < -0.39 is 0 Å². The van der Waals surface area contributed by atoms with Crippen LogP contribution >= 0.6 is 0 Å². The summed E-state index contributed by atoms with van der Waals surface area (Å²) in [6.07, 6.45) is 2.04. The van der Waals surface area contributed by atoms with E-state index in [0.29, 0.717) is 5.92 Å². The summed E-state index contributed by atoms with van der Waals surface area (Å²) in [5, 5.41) is 9.52. The summed E-state index contributed by atoms with van der Waals surface area (Å²) in [6, 6.07) is 14.6. The average Bonchev–Trinajstić information content (AvgIpc) is 2.80. The summed E-state index contributed by atoms with van der Waals surface area (Å²) >= 11 is 0. The van der Waals surface area contributed by atoms with Crippen molar-refractivity contribution in [1.82, 2.24) is 4.57 Å². The maximum atomic E-state index is 9.52. The highest BCUT2D eigenvalue weighted by Crippen LogP contribution is 2.26. The number of aromatic nitrogens is 1. The fourth-order valence-corrected chi connectivity index (χ4v) is 2.16. The minimum absolute atomic E-state index is 0.139. The summed E-state index contributed by atoms with van der Waals surface area (Å²) in [7, 11) is 0. The predicted molar refractivity (Wildman–Crippen MR) is 70.8 cm³/mol. The van der Waals surface area contributed by atoms with Gasteiger partial charge in [-0.05, 0) is 23.6 Å². The maximum Gasteiger partial charge on any atom is 0.0641 e. The molecule has 0 unspecified atom stereocenters. The molecule has 1 aromatic carbocycles. The molecule has 0 spiro atoms. The van der Waals surface area contributed by atoms with E-state index >= 15 is 0 Å². The molecule has 1 atom stereocenters. The van der Waals surface area contributed by atoms with E-state index in [4.69, 9.17) is 0 Å². The van der Waals surface area contributed by atoms with Gasteiger partial charge in [0.1, 0.15) is 0 Å². The number of rotatable bonds is 4. The zero-order valence-electron chi connectivity index (χ0n) is 10.4. The molecule has 1 heterocycles. The Kier molecular flexibility index (Phi) is 3.64. The van der Waals surface area contributed by atoms with Gasteiger partial charge in [-0.2, -0.15) is 0 Å². The number of aliphatic hydroxyl groups is 1. The normalized spacial score (nSPS) is 12.9. The lowest BCUT2D eigenvalue weighted by Crippen LogP contribution is -2.19. The van der Waals surface area contributed by atoms with Crippen molar-refractivity contribution < 1.29 is 5.11 Å². The first-order chi connectivity index (χ1) is 8.24. The summed E-state index contributed by atoms with van der Waals surface area (Å²) in [4.78, 5) is 0. The number of aliphatic hydroxyl groups excluding tert-OH is 1. The lowest BCUT2D eigenvalue weighted by Gasteiger charge is -2.23. The molecule has 0 aliphatic rings. The molecule has 0 aliphatic carbocycles. The molecule has 0 radical (unpaired) electrons. The quantitative estimate of drug-likeness (QED) is 0.854. The first-order valence-corrected chi connectivity index (χ1v) is 6.07. The average molecular weight is 229 g/mol. The Hall–Kier alpha value is -1.54. The van der Waals surface area contributed by atoms with Crippen molar-refractivity contribution in [3.8, 4) is 11.3 Å². The Morgan fingerprint density at radius 2 is 1.76 bits per heavy atom. The lowest BCUT2D eigenvalue weighted by atomic mass is 10.0. The van der Waals surface area contributed by atoms with Crippen LogP contribution in [0.5, 0.6) is 0 Å². The van der Waals surface area contributed by atoms with Crippen molar-refractivity contribution in [3.63, 3.8) is 0 Å². The second kappa shape index (κ2) is 5.19. The second-order valence-corrected chi connectivity index (χ2v) is 4.66. The van der Waals surface area contributed by atoms with Gasteiger partial charge < -0.3 is 9.67 Å². The van der Waals surface area contributed by atoms with Crippen LogP contribution in [0.15, 0.2) is 48.7 Å². The summed E-state index contributed by atoms with van der Waals surface area (Å²) in [6.45, 7) is 4.44. The number of benzene rings is 1. The Morgan fingerprint density at radius 1 is 1.06 bits per heavy atom. The molecule has 2 nitrogen and oxygen atoms in total. The van der Waals surface area contributed by atoms with Crippen molar-refractivity contribution in [3.05, 3.63) is 48.7 Å². The number of hydrogen-bond acceptors (Lipinski definition) is 1. The number of nitrogens with zero attached hydrogens (tertiary/aromatic N) is 1. The number of hydrogen-bond donors (Lipinski definition) is 1. The SMILES string of the molecule is CC(C)[C@@H](CO)n1cccc1-c1ccccc1. The molecule has 2 aromatic rings. The molecule has 0 saturated heterocycles. The zero-order chi connectivity index (χ0) is 12.3. The van der Waals surface area contributed by atoms with Gasteiger partial charge in [0.05, 0.1) is 12.6 Å². The van der Waals surface area contributed by atoms with E-state index in [1.165, 1.54) is 11.3 Å². The van der Waals surface area contributed by atoms with Crippen molar-refractivity contribution in [2.24, 2.45) is 5.92 Å². The fourth-order valence-electron chi connectivity index (χ4n) is 2.16. The van der Waals surface area contributed by atoms with Crippen LogP contribution in [0.2, 0.25) is 0 Å². The maximum absolute atomic E-state index is 9.52. The van der Waals surface area contributed by atoms with E-state index in [0.717, 1.165) is 0 Å². The highest BCUT2D eigenvalue weighted by Gasteiger charge is 2.16. The van der Waals surface area contributed by atoms with Crippen LogP contribution < -0.4 is 0 Å². The van der Waals surface area contributed by atoms with Crippen LogP contribution in [0.4, 0.5) is 0 Å². The van der Waals surface area contributed by atoms with E-state index in [1.54, 1.807) is 0 Å². The van der Waals surface area contributed by atoms with Crippen LogP contribution in [0.25, 0.3) is 11.3 Å². The highest BCUT2D eigenvalue weighted by molar-refractivity contribution is 5.60. The highest BCUT2D eigenvalue weighted by atomic mass is 16.3. The molecule has 0 bridgehead atoms. The summed E-state index contributed by atoms with van der Waals surface area (Å²) in [5.41, 5.74) is 2.36. The third kappa shape index (κ3) is 2.42. The summed E-state index contributed by atoms with van der Waals surface area (Å²) < 4.78 is 2.17. The molecule has 2 heteroatoms. The van der Waals surface area contributed by atoms with E-state index in [-0.39, 0.29) is 12.6 Å². The third-order valence-electron chi connectivity index (χ3n) is 3.16. The molecule has 17 heavy (non-hydrogen) atoms. The molecule has 0 amide bonds. The van der Waals surface area contributed by atoms with Crippen LogP contribution in [0.1, 0.15) is 19.9 Å². The lowest BCUT2D eigenvalue weighted by molar-refractivity contribution is 0.194. The molecule has 0 aliphatic heterocycles. The standard InChI is InChI=1S/C15H19NO/c1-12(2)15(11-17)16-10-6-9-14(16)13-7-4-3-5-8-13/h3-10,12,15,17H,11H2,1-2H3/t15-/m1/s1. The molecule has 1 aromatic heterocycles. The zero-order valence-corrected chi connectivity index (χ0v) is 10.4. The van der Waals surface area contributed by atoms with E-state index in [1.807, 2.05) is 30.5 Å². The monoisotopic (exact) mass is 229 g/mol. The molecular weight excluding hydrogens is 210 g/mol. The predicted octanol–water partition coefficient (Wildman–Crippen LogP) is 3.34. The Balaban J connectivity index is 2.41. The van der Waals surface area contributed by atoms with Crippen molar-refractivity contribution in [2.75, 3.05) is 6.61 Å². The second-order valence-electron chi connectivity index (χ2n) is 4.66. The minimum Gasteiger partial charge on any atom is -0.394 e. The van der Waals surface area contributed by atoms with Gasteiger partial charge in [-0.15, -0.1) is 0 Å². The van der Waals surface area contributed by atoms with E-state index in [2.05, 4.69) is 36.6 Å². The molecule has 90 valence electrons. The van der Waals surface area contributed by atoms with Gasteiger partial charge >= 0.3 is 0 Å². The molecule has 2 rings (SSSR count). The first-order valence-electron chi connectivity index (χ1n) is 6.07. The van der Waals surface area contributed by atoms with Gasteiger partial charge in [0.25, 0.3) is 0 Å². The molecule has 0 saturated carbocycles. The largest absolute Gasteiger partial charge is 0.394 e. The Morgan fingerprint density at radius 3 is 2.35 bits per heavy atom. The fraction of sp³-hybridized carbons (Fsp3) is 0.333. The van der Waals surface area contributed by atoms with Crippen LogP contribution in [-0.4, -0.2) is 16.3 Å². The minimum atomic E-state index is 0.139. The van der Waals surface area contributed by atoms with Gasteiger partial charge in [0, 0.05) is 11.9 Å². The topological polar surface area (TPSA) is 25.2 Å². The molecular formula is C15H19NO. The van der Waals surface area contributed by atoms with Gasteiger partial charge in [0.2, 0.25) is 0 Å². The molecule has 1 N–H and O–H groups in total.